The quantitative estimate of drug-likeness (QED) is 0.600. The molecule has 2 aliphatic rings. The number of hydrogen-bond donors (Lipinski definition) is 0. The number of nitrogens with zero attached hydrogens (tertiary/aromatic N) is 3. The number of fused-ring (bicyclic) bond motifs is 1. The molecule has 0 aromatic heterocycles. The number of sulfonamides is 1. The third-order valence-corrected chi connectivity index (χ3v) is 6.48. The Kier molecular flexibility index (Phi) is 7.73. The lowest BCUT2D eigenvalue weighted by molar-refractivity contribution is -0.131. The Labute approximate surface area is 190 Å². The third-order valence-electron chi connectivity index (χ3n) is 5.43. The number of halogens is 1. The minimum atomic E-state index is -3.73. The topological polar surface area (TPSA) is 78.0 Å². The molecule has 0 spiro atoms. The second-order valence-corrected chi connectivity index (χ2v) is 10.3. The van der Waals surface area contributed by atoms with Gasteiger partial charge in [0.2, 0.25) is 21.8 Å². The lowest BCUT2D eigenvalue weighted by atomic mass is 9.89. The van der Waals surface area contributed by atoms with Crippen LogP contribution in [0.5, 0.6) is 0 Å². The van der Waals surface area contributed by atoms with Crippen LogP contribution >= 0.6 is 12.4 Å². The first kappa shape index (κ1) is 25.1. The van der Waals surface area contributed by atoms with Gasteiger partial charge in [-0.15, -0.1) is 12.4 Å². The largest absolute Gasteiger partial charge is 0.326 e. The molecule has 1 saturated heterocycles. The molecule has 2 atom stereocenters. The highest BCUT2D eigenvalue weighted by molar-refractivity contribution is 7.89. The number of rotatable bonds is 6. The summed E-state index contributed by atoms with van der Waals surface area (Å²) in [4.78, 5) is 29.4. The van der Waals surface area contributed by atoms with Gasteiger partial charge in [0.05, 0.1) is 23.9 Å². The van der Waals surface area contributed by atoms with Crippen molar-refractivity contribution in [2.24, 2.45) is 11.8 Å². The summed E-state index contributed by atoms with van der Waals surface area (Å²) in [6.45, 7) is 4.87. The fourth-order valence-electron chi connectivity index (χ4n) is 4.16. The minimum absolute atomic E-state index is 0. The van der Waals surface area contributed by atoms with Crippen molar-refractivity contribution in [2.75, 3.05) is 26.9 Å². The molecule has 31 heavy (non-hydrogen) atoms. The highest BCUT2D eigenvalue weighted by Gasteiger charge is 2.54. The van der Waals surface area contributed by atoms with Crippen LogP contribution in [-0.2, 0) is 26.2 Å². The summed E-state index contributed by atoms with van der Waals surface area (Å²) < 4.78 is 25.2. The molecular formula is C22H30ClN3O4S. The Bertz CT molecular complexity index is 1000. The van der Waals surface area contributed by atoms with E-state index in [1.165, 1.54) is 11.6 Å². The maximum atomic E-state index is 12.9. The summed E-state index contributed by atoms with van der Waals surface area (Å²) in [7, 11) is 0.282. The van der Waals surface area contributed by atoms with Gasteiger partial charge in [-0.1, -0.05) is 38.1 Å². The van der Waals surface area contributed by atoms with Crippen molar-refractivity contribution < 1.29 is 18.0 Å². The fraction of sp³-hybridized carbons (Fsp3) is 0.455. The molecule has 0 bridgehead atoms. The zero-order valence-electron chi connectivity index (χ0n) is 18.5. The monoisotopic (exact) mass is 467 g/mol. The van der Waals surface area contributed by atoms with Gasteiger partial charge in [-0.25, -0.2) is 12.7 Å². The average Bonchev–Trinajstić information content (AvgIpc) is 3.15. The SMILES string of the molecule is CC(C)[C@H]1C(=O)N(S(C)(=O)=O)C2=CCN(C(=O)C=Cc3ccc(CN(C)C)cc3)[C@@H]21.Cl. The van der Waals surface area contributed by atoms with Gasteiger partial charge in [-0.3, -0.25) is 9.59 Å². The molecule has 1 aromatic carbocycles. The number of amides is 2. The molecule has 2 aliphatic heterocycles. The van der Waals surface area contributed by atoms with E-state index in [1.807, 2.05) is 52.2 Å². The van der Waals surface area contributed by atoms with E-state index < -0.39 is 27.9 Å². The van der Waals surface area contributed by atoms with Crippen LogP contribution in [0.3, 0.4) is 0 Å². The van der Waals surface area contributed by atoms with E-state index in [9.17, 15) is 18.0 Å². The van der Waals surface area contributed by atoms with Gasteiger partial charge in [0.15, 0.2) is 0 Å². The van der Waals surface area contributed by atoms with Gasteiger partial charge >= 0.3 is 0 Å². The van der Waals surface area contributed by atoms with Crippen LogP contribution in [0.4, 0.5) is 0 Å². The molecular weight excluding hydrogens is 438 g/mol. The van der Waals surface area contributed by atoms with Gasteiger partial charge in [-0.05, 0) is 43.3 Å². The number of carbonyl (C=O) groups excluding carboxylic acids is 2. The Morgan fingerprint density at radius 1 is 1.23 bits per heavy atom. The first-order chi connectivity index (χ1) is 14.0. The van der Waals surface area contributed by atoms with Crippen molar-refractivity contribution in [1.82, 2.24) is 14.1 Å². The molecule has 9 heteroatoms. The predicted molar refractivity (Wildman–Crippen MR) is 124 cm³/mol. The molecule has 170 valence electrons. The van der Waals surface area contributed by atoms with Crippen molar-refractivity contribution in [3.63, 3.8) is 0 Å². The molecule has 0 radical (unpaired) electrons. The predicted octanol–water partition coefficient (Wildman–Crippen LogP) is 2.35. The second kappa shape index (κ2) is 9.54. The molecule has 7 nitrogen and oxygen atoms in total. The van der Waals surface area contributed by atoms with E-state index in [0.29, 0.717) is 5.70 Å². The highest BCUT2D eigenvalue weighted by atomic mass is 35.5. The van der Waals surface area contributed by atoms with Crippen LogP contribution in [0.1, 0.15) is 25.0 Å². The van der Waals surface area contributed by atoms with Crippen LogP contribution < -0.4 is 0 Å². The Hall–Kier alpha value is -2.16. The standard InChI is InChI=1S/C22H29N3O4S.ClH/c1-15(2)20-21-18(25(22(20)27)30(5,28)29)12-13-24(21)19(26)11-10-16-6-8-17(9-7-16)14-23(3)4;/h6-12,15,20-21H,13-14H2,1-5H3;1H/t20-,21+;/m1./s1. The fourth-order valence-corrected chi connectivity index (χ4v) is 5.17. The van der Waals surface area contributed by atoms with Crippen molar-refractivity contribution in [3.8, 4) is 0 Å². The average molecular weight is 468 g/mol. The molecule has 0 aliphatic carbocycles. The lowest BCUT2D eigenvalue weighted by Crippen LogP contribution is -2.42. The van der Waals surface area contributed by atoms with Crippen molar-refractivity contribution in [3.05, 3.63) is 53.2 Å². The Balaban J connectivity index is 0.00000341. The summed E-state index contributed by atoms with van der Waals surface area (Å²) >= 11 is 0. The molecule has 0 N–H and O–H groups in total. The summed E-state index contributed by atoms with van der Waals surface area (Å²) in [5.74, 6) is -1.37. The van der Waals surface area contributed by atoms with E-state index in [-0.39, 0.29) is 30.8 Å². The smallest absolute Gasteiger partial charge is 0.247 e. The molecule has 2 heterocycles. The van der Waals surface area contributed by atoms with E-state index >= 15 is 0 Å². The first-order valence-corrected chi connectivity index (χ1v) is 11.8. The van der Waals surface area contributed by atoms with Crippen LogP contribution in [0.2, 0.25) is 0 Å². The zero-order chi connectivity index (χ0) is 22.2. The summed E-state index contributed by atoms with van der Waals surface area (Å²) in [6.07, 6.45) is 5.93. The van der Waals surface area contributed by atoms with Crippen molar-refractivity contribution in [1.29, 1.82) is 0 Å². The Morgan fingerprint density at radius 3 is 2.35 bits per heavy atom. The number of hydrogen-bond acceptors (Lipinski definition) is 5. The van der Waals surface area contributed by atoms with Crippen molar-refractivity contribution >= 4 is 40.3 Å². The summed E-state index contributed by atoms with van der Waals surface area (Å²) in [5.41, 5.74) is 2.48. The van der Waals surface area contributed by atoms with Gasteiger partial charge < -0.3 is 9.80 Å². The van der Waals surface area contributed by atoms with E-state index in [0.717, 1.165) is 22.7 Å². The molecule has 1 aromatic rings. The maximum Gasteiger partial charge on any atom is 0.247 e. The molecule has 0 unspecified atom stereocenters. The minimum Gasteiger partial charge on any atom is -0.326 e. The zero-order valence-corrected chi connectivity index (χ0v) is 20.1. The molecule has 0 saturated carbocycles. The highest BCUT2D eigenvalue weighted by Crippen LogP contribution is 2.41. The summed E-state index contributed by atoms with van der Waals surface area (Å²) in [6, 6.07) is 7.41. The van der Waals surface area contributed by atoms with Gasteiger partial charge in [-0.2, -0.15) is 0 Å². The number of carbonyl (C=O) groups is 2. The molecule has 2 amide bonds. The van der Waals surface area contributed by atoms with Crippen LogP contribution in [0, 0.1) is 11.8 Å². The maximum absolute atomic E-state index is 12.9. The van der Waals surface area contributed by atoms with Crippen LogP contribution in [-0.4, -0.2) is 67.3 Å². The van der Waals surface area contributed by atoms with E-state index in [4.69, 9.17) is 0 Å². The summed E-state index contributed by atoms with van der Waals surface area (Å²) in [5, 5.41) is 0. The van der Waals surface area contributed by atoms with E-state index in [2.05, 4.69) is 4.90 Å². The molecule has 1 fully saturated rings. The van der Waals surface area contributed by atoms with Gasteiger partial charge in [0.25, 0.3) is 0 Å². The lowest BCUT2D eigenvalue weighted by Gasteiger charge is -2.27. The van der Waals surface area contributed by atoms with Gasteiger partial charge in [0, 0.05) is 19.2 Å². The Morgan fingerprint density at radius 2 is 1.84 bits per heavy atom. The second-order valence-electron chi connectivity index (χ2n) is 8.51. The van der Waals surface area contributed by atoms with Crippen LogP contribution in [0.25, 0.3) is 6.08 Å². The van der Waals surface area contributed by atoms with Crippen LogP contribution in [0.15, 0.2) is 42.1 Å². The van der Waals surface area contributed by atoms with Gasteiger partial charge in [0.1, 0.15) is 0 Å². The molecule has 3 rings (SSSR count). The third kappa shape index (κ3) is 5.19. The van der Waals surface area contributed by atoms with E-state index in [1.54, 1.807) is 17.1 Å². The normalized spacial score (nSPS) is 21.1. The first-order valence-electron chi connectivity index (χ1n) is 9.97. The number of benzene rings is 1. The van der Waals surface area contributed by atoms with Crippen molar-refractivity contribution in [2.45, 2.75) is 26.4 Å².